The van der Waals surface area contributed by atoms with Crippen LogP contribution < -0.4 is 21.5 Å². The summed E-state index contributed by atoms with van der Waals surface area (Å²) in [6.07, 6.45) is 1.90. The Bertz CT molecular complexity index is 1150. The maximum Gasteiger partial charge on any atom is 0.144 e. The predicted octanol–water partition coefficient (Wildman–Crippen LogP) is 5.44. The Morgan fingerprint density at radius 1 is 0.971 bits per heavy atom. The minimum atomic E-state index is 0.0412. The second-order valence-electron chi connectivity index (χ2n) is 8.07. The molecule has 2 aromatic carbocycles. The summed E-state index contributed by atoms with van der Waals surface area (Å²) >= 11 is 0. The van der Waals surface area contributed by atoms with Gasteiger partial charge in [-0.25, -0.2) is 0 Å². The van der Waals surface area contributed by atoms with Crippen LogP contribution in [0.2, 0.25) is 0 Å². The van der Waals surface area contributed by atoms with E-state index in [0.29, 0.717) is 24.3 Å². The van der Waals surface area contributed by atoms with Gasteiger partial charge in [0, 0.05) is 29.1 Å². The number of nitrogen functional groups attached to an aromatic ring is 2. The highest BCUT2D eigenvalue weighted by atomic mass is 16.5. The van der Waals surface area contributed by atoms with Crippen LogP contribution in [0.15, 0.2) is 48.5 Å². The Morgan fingerprint density at radius 2 is 1.63 bits per heavy atom. The summed E-state index contributed by atoms with van der Waals surface area (Å²) in [7, 11) is 0. The lowest BCUT2D eigenvalue weighted by Crippen LogP contribution is -2.13. The van der Waals surface area contributed by atoms with Gasteiger partial charge < -0.3 is 21.5 Å². The number of ether oxygens (including phenoxy) is 1. The summed E-state index contributed by atoms with van der Waals surface area (Å²) in [5.41, 5.74) is 18.6. The number of nitrogens with two attached hydrogens (primary N) is 2. The lowest BCUT2D eigenvalue weighted by Gasteiger charge is -2.19. The van der Waals surface area contributed by atoms with E-state index in [1.54, 1.807) is 0 Å². The van der Waals surface area contributed by atoms with Crippen LogP contribution >= 0.6 is 0 Å². The Kier molecular flexibility index (Phi) is 10.3. The molecule has 0 spiro atoms. The molecule has 0 aliphatic carbocycles. The van der Waals surface area contributed by atoms with E-state index in [-0.39, 0.29) is 11.7 Å². The molecule has 1 heterocycles. The Hall–Kier alpha value is -3.87. The van der Waals surface area contributed by atoms with Gasteiger partial charge in [0.05, 0.1) is 5.69 Å². The van der Waals surface area contributed by atoms with Crippen molar-refractivity contribution in [3.8, 4) is 5.75 Å². The molecular weight excluding hydrogens is 436 g/mol. The van der Waals surface area contributed by atoms with Crippen LogP contribution in [0.4, 0.5) is 5.69 Å². The fourth-order valence-electron chi connectivity index (χ4n) is 3.78. The lowest BCUT2D eigenvalue weighted by atomic mass is 10.0. The second kappa shape index (κ2) is 13.1. The zero-order valence-electron chi connectivity index (χ0n) is 21.5. The van der Waals surface area contributed by atoms with Crippen molar-refractivity contribution in [3.63, 3.8) is 0 Å². The number of nitrogens with one attached hydrogen (secondary N) is 3. The van der Waals surface area contributed by atoms with Crippen LogP contribution in [0.25, 0.3) is 0 Å². The molecule has 7 nitrogen and oxygen atoms in total. The number of hydrogen-bond acceptors (Lipinski definition) is 5. The Labute approximate surface area is 208 Å². The third kappa shape index (κ3) is 7.30. The number of amidine groups is 2. The van der Waals surface area contributed by atoms with Gasteiger partial charge in [-0.3, -0.25) is 15.8 Å². The number of nitrogens with zero attached hydrogens (tertiary/aromatic N) is 1. The molecule has 0 unspecified atom stereocenters. The van der Waals surface area contributed by atoms with Crippen molar-refractivity contribution in [1.29, 1.82) is 10.8 Å². The average molecular weight is 475 g/mol. The van der Waals surface area contributed by atoms with Crippen molar-refractivity contribution >= 4 is 17.4 Å². The van der Waals surface area contributed by atoms with Crippen LogP contribution in [0.1, 0.15) is 66.4 Å². The number of benzene rings is 2. The highest BCUT2D eigenvalue weighted by Gasteiger charge is 2.16. The van der Waals surface area contributed by atoms with E-state index >= 15 is 0 Å². The SMILES string of the molecule is CC.CCCc1nc(C)c(OCc2cccc(C(=N)N)c2)c(C)c1CNc1ccc(C(=N)N)cc1. The number of aryl methyl sites for hydroxylation is 2. The highest BCUT2D eigenvalue weighted by molar-refractivity contribution is 5.95. The number of anilines is 1. The quantitative estimate of drug-likeness (QED) is 0.197. The summed E-state index contributed by atoms with van der Waals surface area (Å²) in [5.74, 6) is 0.882. The minimum absolute atomic E-state index is 0.0412. The van der Waals surface area contributed by atoms with Gasteiger partial charge in [-0.05, 0) is 67.3 Å². The molecule has 3 aromatic rings. The normalized spacial score (nSPS) is 10.2. The van der Waals surface area contributed by atoms with Crippen molar-refractivity contribution in [2.24, 2.45) is 11.5 Å². The van der Waals surface area contributed by atoms with E-state index in [4.69, 9.17) is 32.0 Å². The van der Waals surface area contributed by atoms with Crippen molar-refractivity contribution < 1.29 is 4.74 Å². The third-order valence-electron chi connectivity index (χ3n) is 5.55. The van der Waals surface area contributed by atoms with Crippen molar-refractivity contribution in [2.75, 3.05) is 5.32 Å². The van der Waals surface area contributed by atoms with E-state index in [0.717, 1.165) is 52.4 Å². The molecule has 0 radical (unpaired) electrons. The van der Waals surface area contributed by atoms with Gasteiger partial charge >= 0.3 is 0 Å². The molecule has 3 rings (SSSR count). The molecule has 0 amide bonds. The van der Waals surface area contributed by atoms with Gasteiger partial charge in [-0.2, -0.15) is 0 Å². The summed E-state index contributed by atoms with van der Waals surface area (Å²) < 4.78 is 6.22. The number of pyridine rings is 1. The second-order valence-corrected chi connectivity index (χ2v) is 8.07. The largest absolute Gasteiger partial charge is 0.487 e. The van der Waals surface area contributed by atoms with Crippen molar-refractivity contribution in [1.82, 2.24) is 4.98 Å². The Morgan fingerprint density at radius 3 is 2.23 bits per heavy atom. The van der Waals surface area contributed by atoms with Crippen LogP contribution in [0.5, 0.6) is 5.75 Å². The minimum Gasteiger partial charge on any atom is -0.487 e. The molecule has 0 fully saturated rings. The van der Waals surface area contributed by atoms with Gasteiger partial charge in [0.15, 0.2) is 0 Å². The van der Waals surface area contributed by atoms with Crippen LogP contribution in [-0.2, 0) is 19.6 Å². The van der Waals surface area contributed by atoms with Gasteiger partial charge in [0.1, 0.15) is 24.0 Å². The standard InChI is InChI=1S/C26H32N6O.C2H6/c1-4-6-23-22(14-31-21-11-9-19(10-12-21)25(27)28)16(2)24(17(3)32-23)33-15-18-7-5-8-20(13-18)26(29)30;1-2/h5,7-13,31H,4,6,14-15H2,1-3H3,(H3,27,28)(H3,29,30);1-2H3. The van der Waals surface area contributed by atoms with E-state index in [1.807, 2.05) is 69.3 Å². The van der Waals surface area contributed by atoms with E-state index in [2.05, 4.69) is 19.2 Å². The van der Waals surface area contributed by atoms with Gasteiger partial charge in [0.2, 0.25) is 0 Å². The van der Waals surface area contributed by atoms with E-state index in [1.165, 1.54) is 0 Å². The van der Waals surface area contributed by atoms with Gasteiger partial charge in [-0.1, -0.05) is 45.4 Å². The van der Waals surface area contributed by atoms with Crippen molar-refractivity contribution in [2.45, 2.75) is 60.6 Å². The Balaban J connectivity index is 0.00000210. The molecule has 186 valence electrons. The number of aromatic nitrogens is 1. The van der Waals surface area contributed by atoms with Crippen molar-refractivity contribution in [3.05, 3.63) is 87.7 Å². The molecule has 0 saturated heterocycles. The molecule has 0 aliphatic heterocycles. The summed E-state index contributed by atoms with van der Waals surface area (Å²) in [4.78, 5) is 4.87. The average Bonchev–Trinajstić information content (AvgIpc) is 2.85. The number of hydrogen-bond donors (Lipinski definition) is 5. The molecule has 7 heteroatoms. The maximum absolute atomic E-state index is 7.64. The highest BCUT2D eigenvalue weighted by Crippen LogP contribution is 2.29. The third-order valence-corrected chi connectivity index (χ3v) is 5.55. The first kappa shape index (κ1) is 27.4. The monoisotopic (exact) mass is 474 g/mol. The molecular formula is C28H38N6O. The van der Waals surface area contributed by atoms with Gasteiger partial charge in [0.25, 0.3) is 0 Å². The number of rotatable bonds is 10. The topological polar surface area (TPSA) is 134 Å². The smallest absolute Gasteiger partial charge is 0.144 e. The molecule has 0 saturated carbocycles. The van der Waals surface area contributed by atoms with Crippen LogP contribution in [0.3, 0.4) is 0 Å². The van der Waals surface area contributed by atoms with E-state index < -0.39 is 0 Å². The first-order chi connectivity index (χ1) is 16.8. The molecule has 7 N–H and O–H groups in total. The first-order valence-corrected chi connectivity index (χ1v) is 12.0. The molecule has 0 atom stereocenters. The van der Waals surface area contributed by atoms with Crippen LogP contribution in [-0.4, -0.2) is 16.7 Å². The molecule has 0 aliphatic rings. The molecule has 35 heavy (non-hydrogen) atoms. The summed E-state index contributed by atoms with van der Waals surface area (Å²) in [5, 5.41) is 18.6. The first-order valence-electron chi connectivity index (χ1n) is 12.0. The summed E-state index contributed by atoms with van der Waals surface area (Å²) in [6.45, 7) is 11.2. The predicted molar refractivity (Wildman–Crippen MR) is 146 cm³/mol. The zero-order valence-corrected chi connectivity index (χ0v) is 21.5. The fourth-order valence-corrected chi connectivity index (χ4v) is 3.78. The molecule has 1 aromatic heterocycles. The zero-order chi connectivity index (χ0) is 26.0. The van der Waals surface area contributed by atoms with Crippen LogP contribution in [0, 0.1) is 24.7 Å². The summed E-state index contributed by atoms with van der Waals surface area (Å²) in [6, 6.07) is 15.0. The maximum atomic E-state index is 7.64. The lowest BCUT2D eigenvalue weighted by molar-refractivity contribution is 0.299. The van der Waals surface area contributed by atoms with Gasteiger partial charge in [-0.15, -0.1) is 0 Å². The van der Waals surface area contributed by atoms with E-state index in [9.17, 15) is 0 Å². The fraction of sp³-hybridized carbons (Fsp3) is 0.321. The molecule has 0 bridgehead atoms.